The number of nitrogens with zero attached hydrogens (tertiary/aromatic N) is 5. The summed E-state index contributed by atoms with van der Waals surface area (Å²) in [6.45, 7) is 0. The average Bonchev–Trinajstić information content (AvgIpc) is 3.69. The molecule has 39 heavy (non-hydrogen) atoms. The van der Waals surface area contributed by atoms with Gasteiger partial charge in [-0.3, -0.25) is 19.1 Å². The standard InChI is InChI=1S/C17H12N3.C16H12N2.Cu/c1-2-6-15(7-3-1)19-11-12-20(13-19)16-8-4-5-14-9-10-18-17(14)16;1-2-8-14(16-10-4-6-12-18-16)13(7-1)15-9-3-5-11-17-15;/h1-12H;1-12H;/q-1;;+2. The Morgan fingerprint density at radius 1 is 0.641 bits per heavy atom. The SMILES string of the molecule is [Cu+2].[c-]1n(-c2ccccc2)cc[n+]1-c1cccc2cc[n-]c12.c1ccc(-c2ccccc2-c2ccccn2)nc1. The molecule has 3 aromatic carbocycles. The molecule has 0 saturated carbocycles. The zero-order chi connectivity index (χ0) is 25.6. The molecule has 0 N–H and O–H groups in total. The van der Waals surface area contributed by atoms with Gasteiger partial charge in [-0.1, -0.05) is 78.9 Å². The predicted octanol–water partition coefficient (Wildman–Crippen LogP) is 6.47. The Hall–Kier alpha value is -4.77. The summed E-state index contributed by atoms with van der Waals surface area (Å²) in [5.74, 6) is 0. The number of benzene rings is 3. The topological polar surface area (TPSA) is 48.7 Å². The predicted molar refractivity (Wildman–Crippen MR) is 150 cm³/mol. The van der Waals surface area contributed by atoms with Crippen LogP contribution in [0.15, 0.2) is 146 Å². The Balaban J connectivity index is 0.000000155. The van der Waals surface area contributed by atoms with Crippen LogP contribution in [0.5, 0.6) is 0 Å². The van der Waals surface area contributed by atoms with Crippen LogP contribution < -0.4 is 9.55 Å². The summed E-state index contributed by atoms with van der Waals surface area (Å²) in [6.07, 6.45) is 12.8. The summed E-state index contributed by atoms with van der Waals surface area (Å²) in [4.78, 5) is 13.2. The van der Waals surface area contributed by atoms with Crippen LogP contribution in [-0.2, 0) is 17.1 Å². The minimum atomic E-state index is 0. The van der Waals surface area contributed by atoms with Crippen LogP contribution >= 0.6 is 0 Å². The third kappa shape index (κ3) is 5.73. The molecule has 0 fully saturated rings. The summed E-state index contributed by atoms with van der Waals surface area (Å²) in [5, 5.41) is 1.15. The van der Waals surface area contributed by atoms with Crippen molar-refractivity contribution in [3.05, 3.63) is 153 Å². The number of aromatic nitrogens is 5. The van der Waals surface area contributed by atoms with Crippen molar-refractivity contribution in [3.8, 4) is 33.9 Å². The fraction of sp³-hybridized carbons (Fsp3) is 0. The maximum Gasteiger partial charge on any atom is 2.00 e. The molecule has 6 heteroatoms. The third-order valence-electron chi connectivity index (χ3n) is 6.19. The van der Waals surface area contributed by atoms with E-state index in [0.29, 0.717) is 0 Å². The molecule has 0 bridgehead atoms. The van der Waals surface area contributed by atoms with E-state index >= 15 is 0 Å². The van der Waals surface area contributed by atoms with Crippen molar-refractivity contribution in [1.29, 1.82) is 0 Å². The summed E-state index contributed by atoms with van der Waals surface area (Å²) in [5.41, 5.74) is 7.29. The van der Waals surface area contributed by atoms with Crippen LogP contribution in [0.3, 0.4) is 0 Å². The van der Waals surface area contributed by atoms with E-state index in [1.54, 1.807) is 0 Å². The van der Waals surface area contributed by atoms with Gasteiger partial charge in [0.1, 0.15) is 0 Å². The van der Waals surface area contributed by atoms with Crippen LogP contribution in [0.2, 0.25) is 0 Å². The van der Waals surface area contributed by atoms with Gasteiger partial charge in [0.25, 0.3) is 6.33 Å². The average molecular weight is 554 g/mol. The van der Waals surface area contributed by atoms with Gasteiger partial charge in [0.05, 0.1) is 22.8 Å². The molecule has 4 aromatic heterocycles. The Morgan fingerprint density at radius 2 is 1.28 bits per heavy atom. The van der Waals surface area contributed by atoms with E-state index in [1.807, 2.05) is 119 Å². The van der Waals surface area contributed by atoms with Crippen LogP contribution in [0.4, 0.5) is 0 Å². The van der Waals surface area contributed by atoms with Gasteiger partial charge >= 0.3 is 17.1 Å². The van der Waals surface area contributed by atoms with Gasteiger partial charge in [-0.2, -0.15) is 6.20 Å². The monoisotopic (exact) mass is 553 g/mol. The first-order valence-electron chi connectivity index (χ1n) is 12.4. The second-order valence-corrected chi connectivity index (χ2v) is 8.61. The van der Waals surface area contributed by atoms with E-state index in [-0.39, 0.29) is 17.1 Å². The first-order valence-corrected chi connectivity index (χ1v) is 12.4. The van der Waals surface area contributed by atoms with Gasteiger partial charge in [0, 0.05) is 35.9 Å². The largest absolute Gasteiger partial charge is 2.00 e. The van der Waals surface area contributed by atoms with Crippen molar-refractivity contribution >= 4 is 10.9 Å². The van der Waals surface area contributed by atoms with Crippen LogP contribution in [0.1, 0.15) is 0 Å². The van der Waals surface area contributed by atoms with Gasteiger partial charge < -0.3 is 4.98 Å². The minimum absolute atomic E-state index is 0. The number of pyridine rings is 2. The Kier molecular flexibility index (Phi) is 8.08. The second kappa shape index (κ2) is 12.2. The van der Waals surface area contributed by atoms with Crippen molar-refractivity contribution in [2.45, 2.75) is 0 Å². The second-order valence-electron chi connectivity index (χ2n) is 8.61. The Labute approximate surface area is 237 Å². The van der Waals surface area contributed by atoms with Crippen LogP contribution in [0.25, 0.3) is 44.8 Å². The summed E-state index contributed by atoms with van der Waals surface area (Å²) in [6, 6.07) is 38.4. The van der Waals surface area contributed by atoms with E-state index < -0.39 is 0 Å². The minimum Gasteiger partial charge on any atom is -0.667 e. The molecule has 0 aliphatic heterocycles. The molecule has 7 aromatic rings. The number of rotatable bonds is 4. The molecule has 0 amide bonds. The molecule has 4 heterocycles. The summed E-state index contributed by atoms with van der Waals surface area (Å²) >= 11 is 0. The van der Waals surface area contributed by atoms with Crippen LogP contribution in [-0.4, -0.2) is 14.5 Å². The van der Waals surface area contributed by atoms with Gasteiger partial charge in [0.2, 0.25) is 0 Å². The Morgan fingerprint density at radius 3 is 1.92 bits per heavy atom. The first-order chi connectivity index (χ1) is 18.9. The summed E-state index contributed by atoms with van der Waals surface area (Å²) in [7, 11) is 0. The zero-order valence-electron chi connectivity index (χ0n) is 20.9. The number of hydrogen-bond donors (Lipinski definition) is 0. The van der Waals surface area contributed by atoms with E-state index in [0.717, 1.165) is 44.8 Å². The molecule has 0 saturated heterocycles. The number of fused-ring (bicyclic) bond motifs is 1. The molecular weight excluding hydrogens is 530 g/mol. The van der Waals surface area contributed by atoms with Crippen molar-refractivity contribution < 1.29 is 21.6 Å². The van der Waals surface area contributed by atoms with E-state index in [2.05, 4.69) is 57.7 Å². The van der Waals surface area contributed by atoms with Crippen molar-refractivity contribution in [3.63, 3.8) is 0 Å². The third-order valence-corrected chi connectivity index (χ3v) is 6.19. The van der Waals surface area contributed by atoms with Gasteiger partial charge in [0.15, 0.2) is 0 Å². The summed E-state index contributed by atoms with van der Waals surface area (Å²) < 4.78 is 3.95. The Bertz CT molecular complexity index is 1700. The number of imidazole rings is 1. The molecule has 0 aliphatic rings. The molecule has 0 aliphatic carbocycles. The molecule has 1 radical (unpaired) electrons. The van der Waals surface area contributed by atoms with Crippen LogP contribution in [0, 0.1) is 6.33 Å². The van der Waals surface area contributed by atoms with E-state index in [1.165, 1.54) is 0 Å². The molecule has 7 rings (SSSR count). The normalized spacial score (nSPS) is 10.4. The quantitative estimate of drug-likeness (QED) is 0.142. The molecule has 5 nitrogen and oxygen atoms in total. The maximum absolute atomic E-state index is 4.43. The number of para-hydroxylation sites is 2. The number of hydrogen-bond acceptors (Lipinski definition) is 2. The van der Waals surface area contributed by atoms with E-state index in [9.17, 15) is 0 Å². The first kappa shape index (κ1) is 25.9. The smallest absolute Gasteiger partial charge is 0.667 e. The fourth-order valence-corrected chi connectivity index (χ4v) is 4.37. The van der Waals surface area contributed by atoms with Gasteiger partial charge in [-0.25, -0.2) is 0 Å². The maximum atomic E-state index is 4.43. The molecule has 0 unspecified atom stereocenters. The zero-order valence-corrected chi connectivity index (χ0v) is 21.8. The van der Waals surface area contributed by atoms with Crippen molar-refractivity contribution in [2.75, 3.05) is 0 Å². The molecular formula is C33H24CuN5+. The molecule has 0 spiro atoms. The van der Waals surface area contributed by atoms with Crippen molar-refractivity contribution in [1.82, 2.24) is 19.5 Å². The van der Waals surface area contributed by atoms with Crippen molar-refractivity contribution in [2.24, 2.45) is 0 Å². The van der Waals surface area contributed by atoms with E-state index in [4.69, 9.17) is 0 Å². The molecule has 0 atom stereocenters. The van der Waals surface area contributed by atoms with Gasteiger partial charge in [-0.15, -0.1) is 5.52 Å². The fourth-order valence-electron chi connectivity index (χ4n) is 4.37. The molecule has 191 valence electrons. The van der Waals surface area contributed by atoms with Gasteiger partial charge in [-0.05, 0) is 41.8 Å².